The lowest BCUT2D eigenvalue weighted by Gasteiger charge is -2.29. The predicted octanol–water partition coefficient (Wildman–Crippen LogP) is 7.00. The van der Waals surface area contributed by atoms with Gasteiger partial charge in [0.15, 0.2) is 23.3 Å². The number of carbonyl (C=O) groups excluding carboxylic acids is 1. The number of hydrogen-bond acceptors (Lipinski definition) is 5. The van der Waals surface area contributed by atoms with Gasteiger partial charge in [0, 0.05) is 12.0 Å². The van der Waals surface area contributed by atoms with E-state index in [0.717, 1.165) is 42.2 Å². The minimum atomic E-state index is -5.30. The summed E-state index contributed by atoms with van der Waals surface area (Å²) in [6.07, 6.45) is 7.60. The van der Waals surface area contributed by atoms with E-state index in [2.05, 4.69) is 16.8 Å². The first-order valence-electron chi connectivity index (χ1n) is 13.7. The Labute approximate surface area is 249 Å². The van der Waals surface area contributed by atoms with Gasteiger partial charge in [-0.3, -0.25) is 9.52 Å². The number of amides is 1. The number of rotatable bonds is 9. The fraction of sp³-hybridized carbons (Fsp3) is 0.300. The summed E-state index contributed by atoms with van der Waals surface area (Å²) >= 11 is 0. The van der Waals surface area contributed by atoms with Crippen molar-refractivity contribution in [3.05, 3.63) is 98.9 Å². The minimum absolute atomic E-state index is 0.255. The maximum absolute atomic E-state index is 15.4. The summed E-state index contributed by atoms with van der Waals surface area (Å²) in [6.45, 7) is 0.988. The summed E-state index contributed by atoms with van der Waals surface area (Å²) in [5.41, 5.74) is -1.42. The monoisotopic (exact) mass is 636 g/mol. The highest BCUT2D eigenvalue weighted by Crippen LogP contribution is 2.35. The molecule has 2 aromatic rings. The molecule has 1 aliphatic heterocycles. The molecule has 44 heavy (non-hydrogen) atoms. The zero-order valence-corrected chi connectivity index (χ0v) is 24.0. The Morgan fingerprint density at radius 1 is 0.977 bits per heavy atom. The molecule has 3 aliphatic rings. The number of alkyl halides is 1. The van der Waals surface area contributed by atoms with Gasteiger partial charge in [-0.15, -0.1) is 0 Å². The average molecular weight is 637 g/mol. The van der Waals surface area contributed by atoms with Crippen molar-refractivity contribution in [2.45, 2.75) is 57.7 Å². The molecule has 14 heteroatoms. The zero-order chi connectivity index (χ0) is 31.8. The number of benzene rings is 2. The minimum Gasteiger partial charge on any atom is -0.304 e. The van der Waals surface area contributed by atoms with Crippen molar-refractivity contribution in [2.75, 3.05) is 4.72 Å². The van der Waals surface area contributed by atoms with Crippen LogP contribution in [0.1, 0.15) is 61.1 Å². The van der Waals surface area contributed by atoms with Crippen LogP contribution < -0.4 is 4.72 Å². The molecule has 1 heterocycles. The third-order valence-electron chi connectivity index (χ3n) is 7.86. The van der Waals surface area contributed by atoms with Gasteiger partial charge in [0.1, 0.15) is 23.1 Å². The number of nitrogens with zero attached hydrogens (tertiary/aromatic N) is 3. The van der Waals surface area contributed by atoms with Crippen LogP contribution in [0, 0.1) is 23.3 Å². The molecular weight excluding hydrogens is 610 g/mol. The number of nitrogens with one attached hydrogen (secondary N) is 1. The molecule has 0 saturated heterocycles. The smallest absolute Gasteiger partial charge is 0.271 e. The molecule has 2 aromatic carbocycles. The second-order valence-corrected chi connectivity index (χ2v) is 12.3. The number of hydrogen-bond donors (Lipinski definition) is 1. The number of halogens is 6. The van der Waals surface area contributed by atoms with Crippen LogP contribution in [0.4, 0.5) is 32.0 Å². The van der Waals surface area contributed by atoms with Crippen molar-refractivity contribution in [3.8, 4) is 0 Å². The zero-order valence-electron chi connectivity index (χ0n) is 23.1. The molecule has 2 aliphatic carbocycles. The largest absolute Gasteiger partial charge is 0.304 e. The van der Waals surface area contributed by atoms with Gasteiger partial charge in [-0.05, 0) is 36.0 Å². The van der Waals surface area contributed by atoms with Gasteiger partial charge in [0.2, 0.25) is 0 Å². The van der Waals surface area contributed by atoms with Crippen molar-refractivity contribution in [1.29, 1.82) is 0 Å². The Bertz CT molecular complexity index is 1730. The Hall–Kier alpha value is -4.20. The van der Waals surface area contributed by atoms with Crippen molar-refractivity contribution in [1.82, 2.24) is 4.90 Å². The fourth-order valence-corrected chi connectivity index (χ4v) is 6.30. The van der Waals surface area contributed by atoms with Crippen LogP contribution in [-0.4, -0.2) is 31.2 Å². The number of anilines is 1. The van der Waals surface area contributed by atoms with E-state index in [1.807, 2.05) is 12.1 Å². The van der Waals surface area contributed by atoms with Gasteiger partial charge in [-0.2, -0.15) is 10.2 Å². The second-order valence-electron chi connectivity index (χ2n) is 10.6. The summed E-state index contributed by atoms with van der Waals surface area (Å²) in [6, 6.07) is 7.22. The predicted molar refractivity (Wildman–Crippen MR) is 152 cm³/mol. The van der Waals surface area contributed by atoms with E-state index < -0.39 is 67.9 Å². The molecule has 0 aromatic heterocycles. The third kappa shape index (κ3) is 5.94. The van der Waals surface area contributed by atoms with Gasteiger partial charge in [0.25, 0.3) is 15.9 Å². The normalized spacial score (nSPS) is 16.9. The van der Waals surface area contributed by atoms with E-state index >= 15 is 4.39 Å². The summed E-state index contributed by atoms with van der Waals surface area (Å²) < 4.78 is 113. The van der Waals surface area contributed by atoms with Crippen molar-refractivity contribution >= 4 is 33.5 Å². The molecule has 1 fully saturated rings. The van der Waals surface area contributed by atoms with Gasteiger partial charge in [-0.1, -0.05) is 50.1 Å². The molecule has 0 radical (unpaired) electrons. The van der Waals surface area contributed by atoms with E-state index in [0.29, 0.717) is 22.8 Å². The topological polar surface area (TPSA) is 91.2 Å². The van der Waals surface area contributed by atoms with Crippen LogP contribution in [-0.2, 0) is 28.0 Å². The first-order valence-corrected chi connectivity index (χ1v) is 15.1. The SMILES string of the molecule is C=C(C(=O)N(Cc1ccc(C2CCCCC2)cc1)C1=C(F)C=C2C=NN=C2C1)S(=O)(=O)Nc1c(F)c(F)c(CF)c(F)c1F. The molecule has 1 saturated carbocycles. The van der Waals surface area contributed by atoms with Crippen molar-refractivity contribution in [2.24, 2.45) is 10.2 Å². The van der Waals surface area contributed by atoms with Gasteiger partial charge in [-0.25, -0.2) is 34.8 Å². The molecule has 0 unspecified atom stereocenters. The van der Waals surface area contributed by atoms with E-state index in [9.17, 15) is 35.2 Å². The second kappa shape index (κ2) is 12.4. The number of fused-ring (bicyclic) bond motifs is 1. The molecule has 1 N–H and O–H groups in total. The lowest BCUT2D eigenvalue weighted by molar-refractivity contribution is -0.125. The quantitative estimate of drug-likeness (QED) is 0.183. The lowest BCUT2D eigenvalue weighted by atomic mass is 9.84. The van der Waals surface area contributed by atoms with E-state index in [1.54, 1.807) is 12.1 Å². The van der Waals surface area contributed by atoms with Gasteiger partial charge < -0.3 is 4.90 Å². The van der Waals surface area contributed by atoms with Gasteiger partial charge >= 0.3 is 0 Å². The van der Waals surface area contributed by atoms with Crippen LogP contribution in [0.3, 0.4) is 0 Å². The van der Waals surface area contributed by atoms with E-state index in [1.165, 1.54) is 17.4 Å². The molecular formula is C30H26F6N4O3S. The van der Waals surface area contributed by atoms with Crippen LogP contribution in [0.5, 0.6) is 0 Å². The Morgan fingerprint density at radius 2 is 1.61 bits per heavy atom. The van der Waals surface area contributed by atoms with Crippen LogP contribution in [0.15, 0.2) is 69.1 Å². The maximum atomic E-state index is 15.4. The summed E-state index contributed by atoms with van der Waals surface area (Å²) in [5, 5.41) is 7.62. The Kier molecular flexibility index (Phi) is 8.82. The summed E-state index contributed by atoms with van der Waals surface area (Å²) in [7, 11) is -5.30. The lowest BCUT2D eigenvalue weighted by Crippen LogP contribution is -2.36. The third-order valence-corrected chi connectivity index (χ3v) is 9.15. The first kappa shape index (κ1) is 31.2. The van der Waals surface area contributed by atoms with Crippen molar-refractivity contribution in [3.63, 3.8) is 0 Å². The molecule has 0 spiro atoms. The first-order chi connectivity index (χ1) is 20.9. The van der Waals surface area contributed by atoms with Crippen LogP contribution in [0.25, 0.3) is 0 Å². The molecule has 232 valence electrons. The highest BCUT2D eigenvalue weighted by Gasteiger charge is 2.36. The number of carbonyl (C=O) groups is 1. The van der Waals surface area contributed by atoms with E-state index in [4.69, 9.17) is 0 Å². The standard InChI is InChI=1S/C30H26F6N4O3S/c1-16(44(42,43)39-29-27(35)25(33)21(13-31)26(34)28(29)36)30(41)40(24-12-23-20(11-22(24)32)14-37-38-23)15-17-7-9-19(10-8-17)18-5-3-2-4-6-18/h7-11,14,18,39H,1-6,12-13,15H2. The highest BCUT2D eigenvalue weighted by molar-refractivity contribution is 7.97. The highest BCUT2D eigenvalue weighted by atomic mass is 32.2. The molecule has 0 bridgehead atoms. The van der Waals surface area contributed by atoms with Crippen LogP contribution >= 0.6 is 0 Å². The van der Waals surface area contributed by atoms with Crippen molar-refractivity contribution < 1.29 is 39.6 Å². The van der Waals surface area contributed by atoms with Crippen LogP contribution in [0.2, 0.25) is 0 Å². The number of allylic oxidation sites excluding steroid dienone is 4. The Morgan fingerprint density at radius 3 is 2.23 bits per heavy atom. The number of sulfonamides is 1. The van der Waals surface area contributed by atoms with E-state index in [-0.39, 0.29) is 18.7 Å². The molecule has 5 rings (SSSR count). The maximum Gasteiger partial charge on any atom is 0.271 e. The van der Waals surface area contributed by atoms with Gasteiger partial charge in [0.05, 0.1) is 29.7 Å². The summed E-state index contributed by atoms with van der Waals surface area (Å²) in [5.74, 6) is -10.7. The fourth-order valence-electron chi connectivity index (χ4n) is 5.39. The molecule has 7 nitrogen and oxygen atoms in total. The Balaban J connectivity index is 1.47. The summed E-state index contributed by atoms with van der Waals surface area (Å²) in [4.78, 5) is 13.1. The molecule has 0 atom stereocenters. The average Bonchev–Trinajstić information content (AvgIpc) is 3.48. The molecule has 1 amide bonds.